The summed E-state index contributed by atoms with van der Waals surface area (Å²) in [5.74, 6) is -0.537. The molecule has 0 spiro atoms. The first-order valence-electron chi connectivity index (χ1n) is 11.4. The predicted molar refractivity (Wildman–Crippen MR) is 123 cm³/mol. The number of ether oxygens (including phenoxy) is 5. The van der Waals surface area contributed by atoms with Gasteiger partial charge in [0.25, 0.3) is 5.69 Å². The fourth-order valence-corrected chi connectivity index (χ4v) is 3.51. The molecule has 1 aliphatic rings. The highest BCUT2D eigenvalue weighted by molar-refractivity contribution is 5.89. The summed E-state index contributed by atoms with van der Waals surface area (Å²) in [5.41, 5.74) is 1.28. The van der Waals surface area contributed by atoms with Crippen LogP contribution in [0.2, 0.25) is 0 Å². The molecular weight excluding hydrogens is 442 g/mol. The zero-order valence-corrected chi connectivity index (χ0v) is 19.5. The summed E-state index contributed by atoms with van der Waals surface area (Å²) in [5, 5.41) is 10.7. The molecule has 9 nitrogen and oxygen atoms in total. The van der Waals surface area contributed by atoms with Crippen LogP contribution in [0.15, 0.2) is 54.6 Å². The Hall–Kier alpha value is -2.85. The van der Waals surface area contributed by atoms with Crippen molar-refractivity contribution in [1.29, 1.82) is 0 Å². The number of non-ortho nitro benzene ring substituents is 1. The van der Waals surface area contributed by atoms with Gasteiger partial charge in [0.15, 0.2) is 6.29 Å². The molecule has 4 atom stereocenters. The third kappa shape index (κ3) is 8.49. The summed E-state index contributed by atoms with van der Waals surface area (Å²) in [6, 6.07) is 15.2. The number of benzene rings is 2. The van der Waals surface area contributed by atoms with E-state index >= 15 is 0 Å². The van der Waals surface area contributed by atoms with Gasteiger partial charge < -0.3 is 23.7 Å². The van der Waals surface area contributed by atoms with Gasteiger partial charge in [-0.3, -0.25) is 10.1 Å². The largest absolute Gasteiger partial charge is 0.459 e. The SMILES string of the molecule is CCOC(C)O[C@H](CC[C@@H]1O[C@H]1COC(=O)c1ccc([N+](=O)[O-])cc1)COCc1ccccc1. The van der Waals surface area contributed by atoms with E-state index in [1.54, 1.807) is 0 Å². The number of nitro benzene ring substituents is 1. The molecule has 2 aromatic carbocycles. The Bertz CT molecular complexity index is 905. The minimum absolute atomic E-state index is 0.0210. The normalized spacial score (nSPS) is 18.8. The first kappa shape index (κ1) is 25.8. The van der Waals surface area contributed by atoms with Crippen LogP contribution in [-0.2, 0) is 30.3 Å². The van der Waals surface area contributed by atoms with Crippen LogP contribution in [0.1, 0.15) is 42.6 Å². The zero-order valence-electron chi connectivity index (χ0n) is 19.5. The molecule has 0 aromatic heterocycles. The van der Waals surface area contributed by atoms with Gasteiger partial charge in [-0.25, -0.2) is 4.79 Å². The number of rotatable bonds is 15. The second kappa shape index (κ2) is 13.1. The molecule has 1 aliphatic heterocycles. The van der Waals surface area contributed by atoms with Crippen LogP contribution in [0, 0.1) is 10.1 Å². The van der Waals surface area contributed by atoms with E-state index in [1.807, 2.05) is 44.2 Å². The van der Waals surface area contributed by atoms with E-state index in [0.717, 1.165) is 12.0 Å². The minimum Gasteiger partial charge on any atom is -0.459 e. The monoisotopic (exact) mass is 473 g/mol. The lowest BCUT2D eigenvalue weighted by molar-refractivity contribution is -0.384. The molecule has 2 aromatic rings. The van der Waals surface area contributed by atoms with Crippen LogP contribution in [0.5, 0.6) is 0 Å². The Morgan fingerprint density at radius 3 is 2.53 bits per heavy atom. The van der Waals surface area contributed by atoms with Crippen molar-refractivity contribution >= 4 is 11.7 Å². The number of carbonyl (C=O) groups excluding carboxylic acids is 1. The maximum atomic E-state index is 12.2. The summed E-state index contributed by atoms with van der Waals surface area (Å²) in [4.78, 5) is 22.3. The Morgan fingerprint density at radius 2 is 1.85 bits per heavy atom. The van der Waals surface area contributed by atoms with Crippen molar-refractivity contribution in [3.63, 3.8) is 0 Å². The van der Waals surface area contributed by atoms with Crippen LogP contribution >= 0.6 is 0 Å². The first-order valence-corrected chi connectivity index (χ1v) is 11.4. The van der Waals surface area contributed by atoms with Crippen molar-refractivity contribution in [1.82, 2.24) is 0 Å². The Balaban J connectivity index is 1.39. The summed E-state index contributed by atoms with van der Waals surface area (Å²) in [7, 11) is 0. The molecule has 1 fully saturated rings. The topological polar surface area (TPSA) is 110 Å². The van der Waals surface area contributed by atoms with Crippen LogP contribution < -0.4 is 0 Å². The highest BCUT2D eigenvalue weighted by Crippen LogP contribution is 2.28. The molecule has 0 radical (unpaired) electrons. The van der Waals surface area contributed by atoms with Gasteiger partial charge in [0.1, 0.15) is 12.7 Å². The zero-order chi connectivity index (χ0) is 24.3. The molecule has 34 heavy (non-hydrogen) atoms. The van der Waals surface area contributed by atoms with Crippen molar-refractivity contribution in [3.05, 3.63) is 75.8 Å². The summed E-state index contributed by atoms with van der Waals surface area (Å²) in [6.07, 6.45) is 0.762. The van der Waals surface area contributed by atoms with E-state index in [-0.39, 0.29) is 42.5 Å². The maximum absolute atomic E-state index is 12.2. The van der Waals surface area contributed by atoms with Gasteiger partial charge >= 0.3 is 5.97 Å². The quantitative estimate of drug-likeness (QED) is 0.124. The van der Waals surface area contributed by atoms with Gasteiger partial charge in [0, 0.05) is 18.7 Å². The fraction of sp³-hybridized carbons (Fsp3) is 0.480. The van der Waals surface area contributed by atoms with Crippen LogP contribution in [0.4, 0.5) is 5.69 Å². The molecule has 0 aliphatic carbocycles. The Kier molecular flexibility index (Phi) is 9.96. The second-order valence-electron chi connectivity index (χ2n) is 7.97. The predicted octanol–water partition coefficient (Wildman–Crippen LogP) is 4.28. The third-order valence-corrected chi connectivity index (χ3v) is 5.35. The van der Waals surface area contributed by atoms with Crippen molar-refractivity contribution in [2.24, 2.45) is 0 Å². The molecule has 9 heteroatoms. The summed E-state index contributed by atoms with van der Waals surface area (Å²) in [6.45, 7) is 5.41. The Labute approximate surface area is 199 Å². The van der Waals surface area contributed by atoms with E-state index < -0.39 is 10.9 Å². The van der Waals surface area contributed by atoms with E-state index in [4.69, 9.17) is 23.7 Å². The molecule has 1 heterocycles. The van der Waals surface area contributed by atoms with Gasteiger partial charge in [0.05, 0.1) is 35.9 Å². The number of nitrogens with zero attached hydrogens (tertiary/aromatic N) is 1. The molecule has 184 valence electrons. The highest BCUT2D eigenvalue weighted by Gasteiger charge is 2.40. The van der Waals surface area contributed by atoms with Gasteiger partial charge in [-0.05, 0) is 44.4 Å². The third-order valence-electron chi connectivity index (χ3n) is 5.35. The second-order valence-corrected chi connectivity index (χ2v) is 7.97. The Morgan fingerprint density at radius 1 is 1.12 bits per heavy atom. The molecule has 0 saturated carbocycles. The summed E-state index contributed by atoms with van der Waals surface area (Å²) < 4.78 is 28.3. The fourth-order valence-electron chi connectivity index (χ4n) is 3.51. The summed E-state index contributed by atoms with van der Waals surface area (Å²) >= 11 is 0. The molecule has 0 bridgehead atoms. The number of hydrogen-bond acceptors (Lipinski definition) is 8. The van der Waals surface area contributed by atoms with E-state index in [1.165, 1.54) is 24.3 Å². The lowest BCUT2D eigenvalue weighted by atomic mass is 10.1. The molecular formula is C25H31NO8. The van der Waals surface area contributed by atoms with Crippen molar-refractivity contribution < 1.29 is 33.4 Å². The molecule has 1 unspecified atom stereocenters. The van der Waals surface area contributed by atoms with Crippen molar-refractivity contribution in [2.45, 2.75) is 57.9 Å². The minimum atomic E-state index is -0.537. The number of carbonyl (C=O) groups is 1. The van der Waals surface area contributed by atoms with Crippen LogP contribution in [0.25, 0.3) is 0 Å². The maximum Gasteiger partial charge on any atom is 0.338 e. The standard InChI is InChI=1S/C25H31NO8/c1-3-31-18(2)33-22(16-30-15-19-7-5-4-6-8-19)13-14-23-24(34-23)17-32-25(27)20-9-11-21(12-10-20)26(28)29/h4-12,18,22-24H,3,13-17H2,1-2H3/t18?,22-,23+,24+/m1/s1. The van der Waals surface area contributed by atoms with Gasteiger partial charge in [0.2, 0.25) is 0 Å². The van der Waals surface area contributed by atoms with Crippen molar-refractivity contribution in [3.8, 4) is 0 Å². The number of esters is 1. The lowest BCUT2D eigenvalue weighted by Crippen LogP contribution is -2.27. The molecule has 0 N–H and O–H groups in total. The van der Waals surface area contributed by atoms with Gasteiger partial charge in [-0.2, -0.15) is 0 Å². The smallest absolute Gasteiger partial charge is 0.338 e. The number of nitro groups is 1. The highest BCUT2D eigenvalue weighted by atomic mass is 16.7. The van der Waals surface area contributed by atoms with E-state index in [0.29, 0.717) is 26.2 Å². The average Bonchev–Trinajstić information content (AvgIpc) is 3.60. The van der Waals surface area contributed by atoms with Crippen LogP contribution in [0.3, 0.4) is 0 Å². The lowest BCUT2D eigenvalue weighted by Gasteiger charge is -2.22. The van der Waals surface area contributed by atoms with Gasteiger partial charge in [-0.1, -0.05) is 30.3 Å². The van der Waals surface area contributed by atoms with E-state index in [2.05, 4.69) is 0 Å². The first-order chi connectivity index (χ1) is 16.5. The molecule has 3 rings (SSSR count). The number of epoxide rings is 1. The average molecular weight is 474 g/mol. The van der Waals surface area contributed by atoms with Crippen LogP contribution in [-0.4, -0.2) is 55.3 Å². The number of hydrogen-bond donors (Lipinski definition) is 0. The van der Waals surface area contributed by atoms with Gasteiger partial charge in [-0.15, -0.1) is 0 Å². The molecule has 1 saturated heterocycles. The van der Waals surface area contributed by atoms with E-state index in [9.17, 15) is 14.9 Å². The molecule has 0 amide bonds. The van der Waals surface area contributed by atoms with Crippen molar-refractivity contribution in [2.75, 3.05) is 19.8 Å².